The largest absolute Gasteiger partial charge is 0.507 e. The van der Waals surface area contributed by atoms with E-state index in [0.29, 0.717) is 34.1 Å². The molecular weight excluding hydrogens is 519 g/mol. The van der Waals surface area contributed by atoms with Gasteiger partial charge < -0.3 is 19.4 Å². The number of carbonyl (C=O) groups is 1. The predicted molar refractivity (Wildman–Crippen MR) is 157 cm³/mol. The fourth-order valence-corrected chi connectivity index (χ4v) is 5.57. The van der Waals surface area contributed by atoms with Crippen molar-refractivity contribution >= 4 is 27.8 Å². The first-order valence-electron chi connectivity index (χ1n) is 13.3. The van der Waals surface area contributed by atoms with Gasteiger partial charge in [-0.05, 0) is 53.6 Å². The van der Waals surface area contributed by atoms with Crippen LogP contribution in [0.25, 0.3) is 21.8 Å². The second-order valence-electron chi connectivity index (χ2n) is 9.95. The van der Waals surface area contributed by atoms with Gasteiger partial charge in [-0.2, -0.15) is 0 Å². The first kappa shape index (κ1) is 26.1. The van der Waals surface area contributed by atoms with Crippen LogP contribution in [0.3, 0.4) is 0 Å². The molecule has 2 N–H and O–H groups in total. The van der Waals surface area contributed by atoms with Crippen molar-refractivity contribution in [2.75, 3.05) is 6.61 Å². The SMILES string of the molecule is Cn1c(=O)c(C(c2cccc(F)c2)c2[nH]c3ccccc3c2CCOC(=O)c2ccccc2)c(O)c2ccccc21. The number of hydrogen-bond donors (Lipinski definition) is 2. The molecule has 0 aliphatic heterocycles. The van der Waals surface area contributed by atoms with Crippen LogP contribution in [-0.4, -0.2) is 27.2 Å². The van der Waals surface area contributed by atoms with Gasteiger partial charge in [0.1, 0.15) is 11.6 Å². The minimum Gasteiger partial charge on any atom is -0.507 e. The van der Waals surface area contributed by atoms with Crippen LogP contribution in [0, 0.1) is 5.82 Å². The molecule has 0 radical (unpaired) electrons. The van der Waals surface area contributed by atoms with E-state index in [1.807, 2.05) is 30.3 Å². The minimum atomic E-state index is -0.832. The molecule has 0 aliphatic carbocycles. The van der Waals surface area contributed by atoms with Crippen LogP contribution in [0.2, 0.25) is 0 Å². The number of H-pyrrole nitrogens is 1. The number of hydrogen-bond acceptors (Lipinski definition) is 4. The van der Waals surface area contributed by atoms with Gasteiger partial charge in [0.15, 0.2) is 0 Å². The summed E-state index contributed by atoms with van der Waals surface area (Å²) < 4.78 is 21.7. The number of rotatable bonds is 7. The number of aryl methyl sites for hydroxylation is 1. The maximum atomic E-state index is 14.6. The quantitative estimate of drug-likeness (QED) is 0.226. The van der Waals surface area contributed by atoms with Crippen molar-refractivity contribution in [3.8, 4) is 5.75 Å². The Labute approximate surface area is 235 Å². The molecule has 204 valence electrons. The number of benzene rings is 4. The van der Waals surface area contributed by atoms with Crippen LogP contribution in [0.15, 0.2) is 108 Å². The lowest BCUT2D eigenvalue weighted by molar-refractivity contribution is 0.0509. The van der Waals surface area contributed by atoms with Crippen LogP contribution >= 0.6 is 0 Å². The number of pyridine rings is 1. The molecule has 6 aromatic rings. The first-order valence-corrected chi connectivity index (χ1v) is 13.3. The molecule has 7 heteroatoms. The van der Waals surface area contributed by atoms with E-state index in [2.05, 4.69) is 4.98 Å². The van der Waals surface area contributed by atoms with E-state index in [4.69, 9.17) is 4.74 Å². The van der Waals surface area contributed by atoms with E-state index < -0.39 is 23.3 Å². The Hall–Kier alpha value is -5.17. The number of esters is 1. The summed E-state index contributed by atoms with van der Waals surface area (Å²) >= 11 is 0. The second-order valence-corrected chi connectivity index (χ2v) is 9.95. The van der Waals surface area contributed by atoms with Gasteiger partial charge in [0.25, 0.3) is 5.56 Å². The summed E-state index contributed by atoms with van der Waals surface area (Å²) in [6.07, 6.45) is 0.332. The summed E-state index contributed by atoms with van der Waals surface area (Å²) in [5, 5.41) is 13.0. The number of aromatic nitrogens is 2. The molecule has 0 amide bonds. The number of halogens is 1. The topological polar surface area (TPSA) is 84.3 Å². The van der Waals surface area contributed by atoms with Gasteiger partial charge in [-0.15, -0.1) is 0 Å². The third kappa shape index (κ3) is 4.76. The molecule has 6 nitrogen and oxygen atoms in total. The molecule has 0 aliphatic rings. The van der Waals surface area contributed by atoms with Crippen LogP contribution in [0.5, 0.6) is 5.75 Å². The Kier molecular flexibility index (Phi) is 6.85. The van der Waals surface area contributed by atoms with E-state index in [0.717, 1.165) is 16.5 Å². The zero-order valence-corrected chi connectivity index (χ0v) is 22.3. The first-order chi connectivity index (χ1) is 19.9. The average Bonchev–Trinajstić information content (AvgIpc) is 3.36. The number of fused-ring (bicyclic) bond motifs is 2. The van der Waals surface area contributed by atoms with Gasteiger partial charge in [0.05, 0.1) is 29.2 Å². The van der Waals surface area contributed by atoms with Gasteiger partial charge in [-0.25, -0.2) is 9.18 Å². The van der Waals surface area contributed by atoms with Crippen molar-refractivity contribution in [3.63, 3.8) is 0 Å². The van der Waals surface area contributed by atoms with Crippen molar-refractivity contribution in [2.45, 2.75) is 12.3 Å². The lowest BCUT2D eigenvalue weighted by atomic mass is 9.85. The molecule has 4 aromatic carbocycles. The molecule has 1 atom stereocenters. The Morgan fingerprint density at radius 2 is 1.63 bits per heavy atom. The van der Waals surface area contributed by atoms with Crippen molar-refractivity contribution in [3.05, 3.63) is 147 Å². The molecule has 0 saturated heterocycles. The highest BCUT2D eigenvalue weighted by Gasteiger charge is 2.30. The second kappa shape index (κ2) is 10.8. The molecule has 41 heavy (non-hydrogen) atoms. The number of ether oxygens (including phenoxy) is 1. The monoisotopic (exact) mass is 546 g/mol. The number of aromatic amines is 1. The third-order valence-corrected chi connectivity index (χ3v) is 7.51. The van der Waals surface area contributed by atoms with Gasteiger partial charge in [0, 0.05) is 35.5 Å². The highest BCUT2D eigenvalue weighted by molar-refractivity contribution is 5.90. The Morgan fingerprint density at radius 1 is 0.927 bits per heavy atom. The number of carbonyl (C=O) groups excluding carboxylic acids is 1. The highest BCUT2D eigenvalue weighted by atomic mass is 19.1. The lowest BCUT2D eigenvalue weighted by Crippen LogP contribution is -2.25. The fourth-order valence-electron chi connectivity index (χ4n) is 5.57. The normalized spacial score (nSPS) is 12.0. The van der Waals surface area contributed by atoms with Crippen LogP contribution in [0.4, 0.5) is 4.39 Å². The minimum absolute atomic E-state index is 0.0835. The van der Waals surface area contributed by atoms with E-state index in [1.165, 1.54) is 16.7 Å². The molecule has 0 fully saturated rings. The maximum absolute atomic E-state index is 14.6. The van der Waals surface area contributed by atoms with Crippen LogP contribution in [0.1, 0.15) is 38.7 Å². The predicted octanol–water partition coefficient (Wildman–Crippen LogP) is 6.44. The molecule has 1 unspecified atom stereocenters. The summed E-state index contributed by atoms with van der Waals surface area (Å²) in [7, 11) is 1.66. The fraction of sp³-hybridized carbons (Fsp3) is 0.118. The lowest BCUT2D eigenvalue weighted by Gasteiger charge is -2.22. The summed E-state index contributed by atoms with van der Waals surface area (Å²) in [5.41, 5.74) is 3.52. The Bertz CT molecular complexity index is 1960. The number of aromatic hydroxyl groups is 1. The van der Waals surface area contributed by atoms with E-state index in [1.54, 1.807) is 67.7 Å². The zero-order chi connectivity index (χ0) is 28.5. The van der Waals surface area contributed by atoms with Gasteiger partial charge >= 0.3 is 5.97 Å². The molecule has 0 saturated carbocycles. The Morgan fingerprint density at radius 3 is 2.41 bits per heavy atom. The molecule has 2 heterocycles. The van der Waals surface area contributed by atoms with Crippen molar-refractivity contribution in [1.82, 2.24) is 9.55 Å². The number of nitrogens with one attached hydrogen (secondary N) is 1. The summed E-state index contributed by atoms with van der Waals surface area (Å²) in [4.78, 5) is 30.0. The smallest absolute Gasteiger partial charge is 0.338 e. The number of para-hydroxylation sites is 2. The Balaban J connectivity index is 1.53. The highest BCUT2D eigenvalue weighted by Crippen LogP contribution is 2.41. The standard InChI is InChI=1S/C34H27FN2O4/c1-37-28-17-8-6-15-26(28)32(38)30(33(37)39)29(22-12-9-13-23(35)20-22)31-25(24-14-5-7-16-27(24)36-31)18-19-41-34(40)21-10-3-2-4-11-21/h2-17,20,29,36,38H,18-19H2,1H3. The van der Waals surface area contributed by atoms with E-state index in [9.17, 15) is 19.1 Å². The number of nitrogens with zero attached hydrogens (tertiary/aromatic N) is 1. The van der Waals surface area contributed by atoms with Gasteiger partial charge in [-0.1, -0.05) is 60.7 Å². The summed E-state index contributed by atoms with van der Waals surface area (Å²) in [6.45, 7) is 0.0835. The van der Waals surface area contributed by atoms with E-state index in [-0.39, 0.29) is 17.9 Å². The molecule has 2 aromatic heterocycles. The van der Waals surface area contributed by atoms with Crippen molar-refractivity contribution in [2.24, 2.45) is 7.05 Å². The van der Waals surface area contributed by atoms with Gasteiger partial charge in [0.2, 0.25) is 0 Å². The maximum Gasteiger partial charge on any atom is 0.338 e. The third-order valence-electron chi connectivity index (χ3n) is 7.51. The van der Waals surface area contributed by atoms with Gasteiger partial charge in [-0.3, -0.25) is 4.79 Å². The molecule has 6 rings (SSSR count). The van der Waals surface area contributed by atoms with Crippen molar-refractivity contribution < 1.29 is 19.0 Å². The average molecular weight is 547 g/mol. The van der Waals surface area contributed by atoms with E-state index >= 15 is 0 Å². The molecule has 0 bridgehead atoms. The van der Waals surface area contributed by atoms with Crippen LogP contribution < -0.4 is 5.56 Å². The molecular formula is C34H27FN2O4. The van der Waals surface area contributed by atoms with Crippen LogP contribution in [-0.2, 0) is 18.2 Å². The zero-order valence-electron chi connectivity index (χ0n) is 22.3. The van der Waals surface area contributed by atoms with Crippen molar-refractivity contribution in [1.29, 1.82) is 0 Å². The molecule has 0 spiro atoms. The summed E-state index contributed by atoms with van der Waals surface area (Å²) in [5.74, 6) is -1.88. The summed E-state index contributed by atoms with van der Waals surface area (Å²) in [6, 6.07) is 29.6.